The van der Waals surface area contributed by atoms with Gasteiger partial charge in [-0.2, -0.15) is 0 Å². The van der Waals surface area contributed by atoms with Gasteiger partial charge in [0.15, 0.2) is 0 Å². The van der Waals surface area contributed by atoms with Crippen molar-refractivity contribution in [3.8, 4) is 0 Å². The van der Waals surface area contributed by atoms with E-state index < -0.39 is 46.1 Å². The van der Waals surface area contributed by atoms with Crippen LogP contribution in [0.3, 0.4) is 0 Å². The van der Waals surface area contributed by atoms with Gasteiger partial charge < -0.3 is 10.2 Å². The number of carbonyl (C=O) groups is 2. The van der Waals surface area contributed by atoms with Crippen LogP contribution in [0.15, 0.2) is 42.5 Å². The van der Waals surface area contributed by atoms with E-state index in [1.54, 1.807) is 13.0 Å². The van der Waals surface area contributed by atoms with Gasteiger partial charge in [-0.15, -0.1) is 0 Å². The molecule has 0 saturated carbocycles. The Morgan fingerprint density at radius 3 is 2.29 bits per heavy atom. The molecule has 0 radical (unpaired) electrons. The van der Waals surface area contributed by atoms with E-state index in [9.17, 15) is 26.8 Å². The second-order valence-electron chi connectivity index (χ2n) is 7.97. The Bertz CT molecular complexity index is 1150. The summed E-state index contributed by atoms with van der Waals surface area (Å²) >= 11 is 5.80. The minimum Gasteiger partial charge on any atom is -0.352 e. The molecule has 0 fully saturated rings. The molecular formula is C23H28ClF2N3O4S. The SMILES string of the molecule is CC[C@@H](C)NC(=O)[C@@H](C)N(Cc1ccccc1F)C(=O)CN(c1ccc(F)c(Cl)c1)S(C)(=O)=O. The number of amides is 2. The van der Waals surface area contributed by atoms with Gasteiger partial charge in [-0.3, -0.25) is 13.9 Å². The van der Waals surface area contributed by atoms with E-state index in [0.29, 0.717) is 6.42 Å². The quantitative estimate of drug-likeness (QED) is 0.522. The zero-order chi connectivity index (χ0) is 25.6. The highest BCUT2D eigenvalue weighted by Gasteiger charge is 2.31. The molecule has 0 saturated heterocycles. The Kier molecular flexibility index (Phi) is 9.40. The van der Waals surface area contributed by atoms with Crippen LogP contribution >= 0.6 is 11.6 Å². The highest BCUT2D eigenvalue weighted by molar-refractivity contribution is 7.92. The first-order valence-electron chi connectivity index (χ1n) is 10.6. The maximum atomic E-state index is 14.3. The fraction of sp³-hybridized carbons (Fsp3) is 0.391. The van der Waals surface area contributed by atoms with Crippen LogP contribution in [-0.2, 0) is 26.2 Å². The number of hydrogen-bond acceptors (Lipinski definition) is 4. The maximum absolute atomic E-state index is 14.3. The standard InChI is InChI=1S/C23H28ClF2N3O4S/c1-5-15(2)27-23(31)16(3)28(13-17-8-6-7-9-20(17)25)22(30)14-29(34(4,32)33)18-10-11-21(26)19(24)12-18/h6-12,15-16H,5,13-14H2,1-4H3,(H,27,31)/t15-,16-/m1/s1. The molecular weight excluding hydrogens is 488 g/mol. The fourth-order valence-electron chi connectivity index (χ4n) is 3.11. The molecule has 0 aliphatic carbocycles. The van der Waals surface area contributed by atoms with E-state index in [2.05, 4.69) is 5.32 Å². The highest BCUT2D eigenvalue weighted by atomic mass is 35.5. The molecule has 11 heteroatoms. The molecule has 0 aliphatic heterocycles. The maximum Gasteiger partial charge on any atom is 0.244 e. The topological polar surface area (TPSA) is 86.8 Å². The summed E-state index contributed by atoms with van der Waals surface area (Å²) in [6, 6.07) is 7.85. The first-order valence-corrected chi connectivity index (χ1v) is 12.8. The van der Waals surface area contributed by atoms with Crippen LogP contribution < -0.4 is 9.62 Å². The van der Waals surface area contributed by atoms with Crippen LogP contribution in [0, 0.1) is 11.6 Å². The van der Waals surface area contributed by atoms with Crippen molar-refractivity contribution in [1.82, 2.24) is 10.2 Å². The number of rotatable bonds is 10. The summed E-state index contributed by atoms with van der Waals surface area (Å²) in [5.74, 6) is -2.53. The Morgan fingerprint density at radius 1 is 1.09 bits per heavy atom. The molecule has 2 atom stereocenters. The zero-order valence-electron chi connectivity index (χ0n) is 19.4. The molecule has 0 aliphatic rings. The molecule has 0 unspecified atom stereocenters. The molecule has 0 bridgehead atoms. The van der Waals surface area contributed by atoms with Gasteiger partial charge in [0, 0.05) is 18.2 Å². The molecule has 0 aromatic heterocycles. The first kappa shape index (κ1) is 27.5. The second-order valence-corrected chi connectivity index (χ2v) is 10.3. The van der Waals surface area contributed by atoms with Crippen LogP contribution in [-0.4, -0.2) is 50.0 Å². The van der Waals surface area contributed by atoms with Gasteiger partial charge in [-0.25, -0.2) is 17.2 Å². The molecule has 34 heavy (non-hydrogen) atoms. The van der Waals surface area contributed by atoms with Crippen molar-refractivity contribution < 1.29 is 26.8 Å². The highest BCUT2D eigenvalue weighted by Crippen LogP contribution is 2.25. The van der Waals surface area contributed by atoms with Crippen LogP contribution in [0.5, 0.6) is 0 Å². The smallest absolute Gasteiger partial charge is 0.244 e. The predicted octanol–water partition coefficient (Wildman–Crippen LogP) is 3.72. The van der Waals surface area contributed by atoms with Crippen LogP contribution in [0.25, 0.3) is 0 Å². The van der Waals surface area contributed by atoms with Crippen molar-refractivity contribution >= 4 is 39.1 Å². The number of nitrogens with zero attached hydrogens (tertiary/aromatic N) is 2. The van der Waals surface area contributed by atoms with Gasteiger partial charge in [0.1, 0.15) is 24.2 Å². The van der Waals surface area contributed by atoms with Crippen molar-refractivity contribution in [2.45, 2.75) is 45.8 Å². The molecule has 7 nitrogen and oxygen atoms in total. The number of nitrogens with one attached hydrogen (secondary N) is 1. The summed E-state index contributed by atoms with van der Waals surface area (Å²) in [5.41, 5.74) is 0.138. The number of anilines is 1. The van der Waals surface area contributed by atoms with Crippen LogP contribution in [0.1, 0.15) is 32.8 Å². The van der Waals surface area contributed by atoms with Gasteiger partial charge in [-0.1, -0.05) is 36.7 Å². The third-order valence-electron chi connectivity index (χ3n) is 5.34. The van der Waals surface area contributed by atoms with Crippen LogP contribution in [0.2, 0.25) is 5.02 Å². The Hall–Kier alpha value is -2.72. The molecule has 1 N–H and O–H groups in total. The van der Waals surface area contributed by atoms with Crippen molar-refractivity contribution in [1.29, 1.82) is 0 Å². The lowest BCUT2D eigenvalue weighted by Crippen LogP contribution is -2.52. The summed E-state index contributed by atoms with van der Waals surface area (Å²) in [6.07, 6.45) is 1.55. The van der Waals surface area contributed by atoms with Gasteiger partial charge in [0.2, 0.25) is 21.8 Å². The predicted molar refractivity (Wildman–Crippen MR) is 128 cm³/mol. The van der Waals surface area contributed by atoms with E-state index >= 15 is 0 Å². The van der Waals surface area contributed by atoms with Crippen LogP contribution in [0.4, 0.5) is 14.5 Å². The van der Waals surface area contributed by atoms with Gasteiger partial charge in [0.05, 0.1) is 17.0 Å². The number of benzene rings is 2. The third-order valence-corrected chi connectivity index (χ3v) is 6.77. The van der Waals surface area contributed by atoms with Crippen molar-refractivity contribution in [3.63, 3.8) is 0 Å². The minimum atomic E-state index is -4.00. The lowest BCUT2D eigenvalue weighted by molar-refractivity contribution is -0.139. The van der Waals surface area contributed by atoms with Gasteiger partial charge in [0.25, 0.3) is 0 Å². The molecule has 0 heterocycles. The molecule has 2 aromatic carbocycles. The number of carbonyl (C=O) groups excluding carboxylic acids is 2. The summed E-state index contributed by atoms with van der Waals surface area (Å²) in [4.78, 5) is 27.2. The third kappa shape index (κ3) is 7.14. The first-order chi connectivity index (χ1) is 15.8. The number of hydrogen-bond donors (Lipinski definition) is 1. The van der Waals surface area contributed by atoms with Crippen molar-refractivity contribution in [2.75, 3.05) is 17.1 Å². The summed E-state index contributed by atoms with van der Waals surface area (Å²) < 4.78 is 53.6. The normalized spacial score (nSPS) is 13.1. The Balaban J connectivity index is 2.42. The lowest BCUT2D eigenvalue weighted by atomic mass is 10.1. The molecule has 186 valence electrons. The molecule has 2 rings (SSSR count). The Labute approximate surface area is 203 Å². The summed E-state index contributed by atoms with van der Waals surface area (Å²) in [5, 5.41) is 2.46. The van der Waals surface area contributed by atoms with Crippen molar-refractivity contribution in [3.05, 3.63) is 64.7 Å². The van der Waals surface area contributed by atoms with E-state index in [1.165, 1.54) is 31.2 Å². The van der Waals surface area contributed by atoms with Crippen molar-refractivity contribution in [2.24, 2.45) is 0 Å². The fourth-order valence-corrected chi connectivity index (χ4v) is 4.13. The van der Waals surface area contributed by atoms with Gasteiger partial charge in [-0.05, 0) is 44.5 Å². The second kappa shape index (κ2) is 11.6. The van der Waals surface area contributed by atoms with E-state index in [-0.39, 0.29) is 28.9 Å². The molecule has 0 spiro atoms. The zero-order valence-corrected chi connectivity index (χ0v) is 21.0. The van der Waals surface area contributed by atoms with E-state index in [1.807, 2.05) is 6.92 Å². The average molecular weight is 516 g/mol. The van der Waals surface area contributed by atoms with E-state index in [0.717, 1.165) is 27.6 Å². The largest absolute Gasteiger partial charge is 0.352 e. The summed E-state index contributed by atoms with van der Waals surface area (Å²) in [7, 11) is -4.00. The monoisotopic (exact) mass is 515 g/mol. The lowest BCUT2D eigenvalue weighted by Gasteiger charge is -2.32. The number of sulfonamides is 1. The molecule has 2 amide bonds. The van der Waals surface area contributed by atoms with Gasteiger partial charge >= 0.3 is 0 Å². The average Bonchev–Trinajstić information content (AvgIpc) is 2.77. The molecule has 2 aromatic rings. The number of halogens is 3. The van der Waals surface area contributed by atoms with E-state index in [4.69, 9.17) is 11.6 Å². The summed E-state index contributed by atoms with van der Waals surface area (Å²) in [6.45, 7) is 4.21. The Morgan fingerprint density at radius 2 is 1.74 bits per heavy atom. The minimum absolute atomic E-state index is 0.0233.